The Labute approximate surface area is 155 Å². The summed E-state index contributed by atoms with van der Waals surface area (Å²) in [5.74, 6) is -0.293. The van der Waals surface area contributed by atoms with Crippen LogP contribution in [-0.2, 0) is 0 Å². The minimum atomic E-state index is -0.597. The van der Waals surface area contributed by atoms with E-state index in [4.69, 9.17) is 0 Å². The third-order valence-corrected chi connectivity index (χ3v) is 4.82. The van der Waals surface area contributed by atoms with Crippen LogP contribution >= 0.6 is 0 Å². The Balaban J connectivity index is 1.61. The molecule has 1 fully saturated rings. The summed E-state index contributed by atoms with van der Waals surface area (Å²) in [7, 11) is 4.14. The molecule has 0 aromatic carbocycles. The van der Waals surface area contributed by atoms with Gasteiger partial charge in [-0.3, -0.25) is 9.78 Å². The summed E-state index contributed by atoms with van der Waals surface area (Å²) in [5, 5.41) is 7.13. The van der Waals surface area contributed by atoms with E-state index in [2.05, 4.69) is 44.3 Å². The van der Waals surface area contributed by atoms with Crippen LogP contribution in [0.2, 0.25) is 0 Å². The lowest BCUT2D eigenvalue weighted by Crippen LogP contribution is -2.32. The molecule has 1 atom stereocenters. The number of rotatable bonds is 4. The van der Waals surface area contributed by atoms with E-state index in [1.165, 1.54) is 23.0 Å². The van der Waals surface area contributed by atoms with Crippen molar-refractivity contribution in [2.45, 2.75) is 12.5 Å². The van der Waals surface area contributed by atoms with Crippen molar-refractivity contribution in [3.05, 3.63) is 48.3 Å². The van der Waals surface area contributed by atoms with Crippen LogP contribution in [0.25, 0.3) is 5.65 Å². The number of halogens is 1. The van der Waals surface area contributed by atoms with Crippen LogP contribution < -0.4 is 10.2 Å². The van der Waals surface area contributed by atoms with Gasteiger partial charge in [0.2, 0.25) is 0 Å². The van der Waals surface area contributed by atoms with E-state index in [9.17, 15) is 9.18 Å². The molecule has 1 aliphatic rings. The van der Waals surface area contributed by atoms with Crippen molar-refractivity contribution < 1.29 is 9.18 Å². The topological polar surface area (TPSA) is 78.7 Å². The highest BCUT2D eigenvalue weighted by Crippen LogP contribution is 2.21. The van der Waals surface area contributed by atoms with Crippen LogP contribution in [0.1, 0.15) is 16.9 Å². The zero-order valence-corrected chi connectivity index (χ0v) is 15.1. The maximum Gasteiger partial charge on any atom is 0.276 e. The lowest BCUT2D eigenvalue weighted by atomic mass is 10.2. The van der Waals surface area contributed by atoms with E-state index >= 15 is 0 Å². The zero-order valence-electron chi connectivity index (χ0n) is 15.1. The lowest BCUT2D eigenvalue weighted by Gasteiger charge is -2.21. The van der Waals surface area contributed by atoms with Crippen LogP contribution in [0.15, 0.2) is 36.8 Å². The molecule has 1 unspecified atom stereocenters. The summed E-state index contributed by atoms with van der Waals surface area (Å²) in [6.07, 6.45) is 4.96. The van der Waals surface area contributed by atoms with Crippen LogP contribution in [0, 0.1) is 5.82 Å². The summed E-state index contributed by atoms with van der Waals surface area (Å²) >= 11 is 0. The molecule has 3 aromatic heterocycles. The third kappa shape index (κ3) is 3.33. The highest BCUT2D eigenvalue weighted by molar-refractivity contribution is 6.03. The highest BCUT2D eigenvalue weighted by atomic mass is 19.1. The number of carbonyl (C=O) groups excluding carboxylic acids is 1. The Kier molecular flexibility index (Phi) is 4.44. The molecule has 0 bridgehead atoms. The van der Waals surface area contributed by atoms with E-state index in [0.29, 0.717) is 11.7 Å². The SMILES string of the molecule is CN(C)C1CCN(c2ccc3ncc(C(=O)Nc4ccncc4F)n3n2)C1. The molecule has 9 heteroatoms. The molecule has 1 saturated heterocycles. The molecular weight excluding hydrogens is 349 g/mol. The molecule has 1 N–H and O–H groups in total. The van der Waals surface area contributed by atoms with Gasteiger partial charge in [-0.1, -0.05) is 0 Å². The number of pyridine rings is 1. The van der Waals surface area contributed by atoms with E-state index in [1.54, 1.807) is 0 Å². The van der Waals surface area contributed by atoms with Gasteiger partial charge in [0.15, 0.2) is 17.2 Å². The summed E-state index contributed by atoms with van der Waals surface area (Å²) in [4.78, 5) is 24.9. The second-order valence-corrected chi connectivity index (χ2v) is 6.77. The molecular formula is C18H20FN7O. The number of imidazole rings is 1. The van der Waals surface area contributed by atoms with E-state index in [0.717, 1.165) is 31.5 Å². The number of hydrogen-bond acceptors (Lipinski definition) is 6. The normalized spacial score (nSPS) is 17.0. The van der Waals surface area contributed by atoms with Gasteiger partial charge in [0.05, 0.1) is 18.1 Å². The molecule has 27 heavy (non-hydrogen) atoms. The first-order valence-electron chi connectivity index (χ1n) is 8.70. The van der Waals surface area contributed by atoms with Crippen molar-refractivity contribution in [1.82, 2.24) is 24.5 Å². The van der Waals surface area contributed by atoms with Gasteiger partial charge in [-0.2, -0.15) is 0 Å². The van der Waals surface area contributed by atoms with Crippen molar-refractivity contribution in [3.63, 3.8) is 0 Å². The van der Waals surface area contributed by atoms with Gasteiger partial charge in [-0.05, 0) is 38.7 Å². The third-order valence-electron chi connectivity index (χ3n) is 4.82. The Morgan fingerprint density at radius 1 is 1.30 bits per heavy atom. The van der Waals surface area contributed by atoms with Gasteiger partial charge in [0.25, 0.3) is 5.91 Å². The molecule has 4 heterocycles. The van der Waals surface area contributed by atoms with Gasteiger partial charge < -0.3 is 15.1 Å². The molecule has 0 radical (unpaired) electrons. The molecule has 1 aliphatic heterocycles. The van der Waals surface area contributed by atoms with E-state index in [-0.39, 0.29) is 11.4 Å². The second-order valence-electron chi connectivity index (χ2n) is 6.77. The molecule has 140 valence electrons. The smallest absolute Gasteiger partial charge is 0.276 e. The molecule has 4 rings (SSSR count). The van der Waals surface area contributed by atoms with Gasteiger partial charge in [0.1, 0.15) is 5.82 Å². The first-order valence-corrected chi connectivity index (χ1v) is 8.70. The van der Waals surface area contributed by atoms with Crippen molar-refractivity contribution in [3.8, 4) is 0 Å². The highest BCUT2D eigenvalue weighted by Gasteiger charge is 2.25. The molecule has 3 aromatic rings. The summed E-state index contributed by atoms with van der Waals surface area (Å²) in [5.41, 5.74) is 0.864. The number of carbonyl (C=O) groups is 1. The van der Waals surface area contributed by atoms with Crippen LogP contribution in [-0.4, -0.2) is 63.6 Å². The molecule has 1 amide bonds. The maximum atomic E-state index is 13.7. The minimum absolute atomic E-state index is 0.0643. The van der Waals surface area contributed by atoms with Gasteiger partial charge in [-0.25, -0.2) is 13.9 Å². The van der Waals surface area contributed by atoms with Gasteiger partial charge in [-0.15, -0.1) is 5.10 Å². The van der Waals surface area contributed by atoms with Crippen molar-refractivity contribution >= 4 is 23.1 Å². The average Bonchev–Trinajstić information content (AvgIpc) is 3.30. The van der Waals surface area contributed by atoms with E-state index < -0.39 is 11.7 Å². The maximum absolute atomic E-state index is 13.7. The Morgan fingerprint density at radius 3 is 2.89 bits per heavy atom. The first kappa shape index (κ1) is 17.3. The molecule has 0 spiro atoms. The fourth-order valence-electron chi connectivity index (χ4n) is 3.22. The minimum Gasteiger partial charge on any atom is -0.354 e. The van der Waals surface area contributed by atoms with Crippen molar-refractivity contribution in [2.24, 2.45) is 0 Å². The van der Waals surface area contributed by atoms with Crippen LogP contribution in [0.3, 0.4) is 0 Å². The van der Waals surface area contributed by atoms with E-state index in [1.807, 2.05) is 12.1 Å². The number of nitrogens with zero attached hydrogens (tertiary/aromatic N) is 6. The number of nitrogens with one attached hydrogen (secondary N) is 1. The van der Waals surface area contributed by atoms with Crippen molar-refractivity contribution in [1.29, 1.82) is 0 Å². The average molecular weight is 369 g/mol. The summed E-state index contributed by atoms with van der Waals surface area (Å²) in [6, 6.07) is 5.61. The molecule has 0 saturated carbocycles. The van der Waals surface area contributed by atoms with Gasteiger partial charge in [0, 0.05) is 25.3 Å². The van der Waals surface area contributed by atoms with Crippen LogP contribution in [0.5, 0.6) is 0 Å². The number of anilines is 2. The predicted octanol–water partition coefficient (Wildman–Crippen LogP) is 1.66. The fraction of sp³-hybridized carbons (Fsp3) is 0.333. The summed E-state index contributed by atoms with van der Waals surface area (Å²) in [6.45, 7) is 1.78. The lowest BCUT2D eigenvalue weighted by molar-refractivity contribution is 0.102. The number of likely N-dealkylation sites (N-methyl/N-ethyl adjacent to an activating group) is 1. The quantitative estimate of drug-likeness (QED) is 0.754. The van der Waals surface area contributed by atoms with Crippen LogP contribution in [0.4, 0.5) is 15.9 Å². The number of fused-ring (bicyclic) bond motifs is 1. The van der Waals surface area contributed by atoms with Crippen molar-refractivity contribution in [2.75, 3.05) is 37.4 Å². The Hall–Kier alpha value is -3.07. The molecule has 8 nitrogen and oxygen atoms in total. The predicted molar refractivity (Wildman–Crippen MR) is 99.4 cm³/mol. The Morgan fingerprint density at radius 2 is 2.15 bits per heavy atom. The standard InChI is InChI=1S/C18H20FN7O/c1-24(2)12-6-8-25(11-12)17-4-3-16-21-10-15(26(16)23-17)18(27)22-14-5-7-20-9-13(14)19/h3-5,7,9-10,12H,6,8,11H2,1-2H3,(H,20,22,27). The number of amides is 1. The Bertz CT molecular complexity index is 987. The fourth-order valence-corrected chi connectivity index (χ4v) is 3.22. The monoisotopic (exact) mass is 369 g/mol. The number of hydrogen-bond donors (Lipinski definition) is 1. The zero-order chi connectivity index (χ0) is 19.0. The van der Waals surface area contributed by atoms with Gasteiger partial charge >= 0.3 is 0 Å². The summed E-state index contributed by atoms with van der Waals surface area (Å²) < 4.78 is 15.2. The second kappa shape index (κ2) is 6.92. The first-order chi connectivity index (χ1) is 13.0. The molecule has 0 aliphatic carbocycles. The largest absolute Gasteiger partial charge is 0.354 e. The number of aromatic nitrogens is 4.